The number of anilines is 1. The zero-order chi connectivity index (χ0) is 17.1. The van der Waals surface area contributed by atoms with Gasteiger partial charge in [0.15, 0.2) is 0 Å². The van der Waals surface area contributed by atoms with E-state index in [1.807, 2.05) is 13.0 Å². The van der Waals surface area contributed by atoms with Gasteiger partial charge in [-0.3, -0.25) is 14.4 Å². The molecule has 1 heterocycles. The second-order valence-corrected chi connectivity index (χ2v) is 6.17. The van der Waals surface area contributed by atoms with Gasteiger partial charge in [-0.25, -0.2) is 0 Å². The Balaban J connectivity index is 2.17. The number of likely N-dealkylation sites (N-methyl/N-ethyl adjacent to an activating group) is 1. The second-order valence-electron chi connectivity index (χ2n) is 5.25. The van der Waals surface area contributed by atoms with Gasteiger partial charge in [0.1, 0.15) is 6.04 Å². The average molecular weight is 384 g/mol. The minimum absolute atomic E-state index is 0.0336. The summed E-state index contributed by atoms with van der Waals surface area (Å²) in [5.41, 5.74) is 1.36. The maximum Gasteiger partial charge on any atom is 0.310 e. The fourth-order valence-corrected chi connectivity index (χ4v) is 2.77. The number of aliphatic hydroxyl groups is 1. The van der Waals surface area contributed by atoms with Crippen molar-refractivity contribution in [1.82, 2.24) is 10.6 Å². The number of aliphatic hydroxyl groups excluding tert-OH is 1. The second kappa shape index (κ2) is 7.10. The maximum absolute atomic E-state index is 12.5. The summed E-state index contributed by atoms with van der Waals surface area (Å²) in [6.07, 6.45) is -0.757. The van der Waals surface area contributed by atoms with Crippen molar-refractivity contribution in [1.29, 1.82) is 0 Å². The number of halogens is 1. The molecule has 124 valence electrons. The molecule has 0 saturated carbocycles. The molecule has 3 N–H and O–H groups in total. The minimum atomic E-state index is -0.909. The van der Waals surface area contributed by atoms with Crippen LogP contribution in [0.1, 0.15) is 25.5 Å². The summed E-state index contributed by atoms with van der Waals surface area (Å²) in [4.78, 5) is 37.7. The number of hydrogen-bond donors (Lipinski definition) is 3. The number of amides is 3. The summed E-state index contributed by atoms with van der Waals surface area (Å²) in [6.45, 7) is 3.76. The molecule has 0 aromatic heterocycles. The lowest BCUT2D eigenvalue weighted by Crippen LogP contribution is -2.45. The van der Waals surface area contributed by atoms with Crippen LogP contribution in [0.4, 0.5) is 5.69 Å². The third-order valence-corrected chi connectivity index (χ3v) is 3.95. The van der Waals surface area contributed by atoms with E-state index in [9.17, 15) is 14.4 Å². The Morgan fingerprint density at radius 1 is 1.39 bits per heavy atom. The molecule has 23 heavy (non-hydrogen) atoms. The van der Waals surface area contributed by atoms with Crippen LogP contribution >= 0.6 is 15.9 Å². The predicted octanol–water partition coefficient (Wildman–Crippen LogP) is 0.470. The quantitative estimate of drug-likeness (QED) is 0.658. The van der Waals surface area contributed by atoms with Crippen molar-refractivity contribution >= 4 is 39.3 Å². The third kappa shape index (κ3) is 3.70. The van der Waals surface area contributed by atoms with E-state index < -0.39 is 24.0 Å². The number of hydrogen-bond acceptors (Lipinski definition) is 4. The molecule has 1 aliphatic heterocycles. The van der Waals surface area contributed by atoms with Crippen molar-refractivity contribution in [3.63, 3.8) is 0 Å². The summed E-state index contributed by atoms with van der Waals surface area (Å²) < 4.78 is 0.778. The number of carbonyl (C=O) groups excluding carboxylic acids is 3. The number of benzene rings is 1. The van der Waals surface area contributed by atoms with Crippen molar-refractivity contribution in [2.75, 3.05) is 18.0 Å². The van der Waals surface area contributed by atoms with Crippen LogP contribution in [0, 0.1) is 0 Å². The lowest BCUT2D eigenvalue weighted by Gasteiger charge is -2.15. The van der Waals surface area contributed by atoms with Crippen LogP contribution in [0.5, 0.6) is 0 Å². The highest BCUT2D eigenvalue weighted by Gasteiger charge is 2.38. The maximum atomic E-state index is 12.5. The molecule has 1 aliphatic rings. The minimum Gasteiger partial charge on any atom is -0.392 e. The van der Waals surface area contributed by atoms with E-state index in [1.54, 1.807) is 17.0 Å². The Kier molecular flexibility index (Phi) is 5.38. The van der Waals surface area contributed by atoms with E-state index in [4.69, 9.17) is 5.11 Å². The topological polar surface area (TPSA) is 98.7 Å². The molecule has 3 amide bonds. The fraction of sp³-hybridized carbons (Fsp3) is 0.400. The van der Waals surface area contributed by atoms with Crippen LogP contribution in [-0.2, 0) is 14.4 Å². The Bertz CT molecular complexity index is 648. The summed E-state index contributed by atoms with van der Waals surface area (Å²) in [5.74, 6) is -2.07. The molecule has 1 aromatic carbocycles. The van der Waals surface area contributed by atoms with Gasteiger partial charge in [-0.05, 0) is 32.0 Å². The molecular weight excluding hydrogens is 366 g/mol. The van der Waals surface area contributed by atoms with Crippen molar-refractivity contribution in [2.24, 2.45) is 0 Å². The fourth-order valence-electron chi connectivity index (χ4n) is 2.39. The summed E-state index contributed by atoms with van der Waals surface area (Å²) in [5, 5.41) is 13.9. The zero-order valence-corrected chi connectivity index (χ0v) is 14.4. The normalized spacial score (nSPS) is 17.7. The zero-order valence-electron chi connectivity index (χ0n) is 12.8. The van der Waals surface area contributed by atoms with E-state index in [1.165, 1.54) is 6.92 Å². The van der Waals surface area contributed by atoms with E-state index >= 15 is 0 Å². The highest BCUT2D eigenvalue weighted by atomic mass is 79.9. The molecule has 0 saturated heterocycles. The Morgan fingerprint density at radius 2 is 2.09 bits per heavy atom. The van der Waals surface area contributed by atoms with Gasteiger partial charge in [-0.2, -0.15) is 0 Å². The van der Waals surface area contributed by atoms with Gasteiger partial charge in [0.2, 0.25) is 0 Å². The van der Waals surface area contributed by atoms with Crippen LogP contribution in [0.25, 0.3) is 0 Å². The molecule has 0 bridgehead atoms. The molecule has 2 rings (SSSR count). The van der Waals surface area contributed by atoms with E-state index in [0.717, 1.165) is 10.2 Å². The largest absolute Gasteiger partial charge is 0.392 e. The highest BCUT2D eigenvalue weighted by molar-refractivity contribution is 9.10. The molecule has 0 radical (unpaired) electrons. The van der Waals surface area contributed by atoms with Crippen molar-refractivity contribution in [3.05, 3.63) is 28.2 Å². The highest BCUT2D eigenvalue weighted by Crippen LogP contribution is 2.37. The number of nitrogens with one attached hydrogen (secondary N) is 2. The van der Waals surface area contributed by atoms with Gasteiger partial charge < -0.3 is 20.6 Å². The van der Waals surface area contributed by atoms with Crippen LogP contribution in [0.15, 0.2) is 22.7 Å². The van der Waals surface area contributed by atoms with Crippen LogP contribution in [-0.4, -0.2) is 42.0 Å². The molecule has 0 aliphatic carbocycles. The Labute approximate surface area is 142 Å². The van der Waals surface area contributed by atoms with Gasteiger partial charge in [0, 0.05) is 28.8 Å². The van der Waals surface area contributed by atoms with Gasteiger partial charge in [-0.1, -0.05) is 15.9 Å². The predicted molar refractivity (Wildman–Crippen MR) is 87.7 cm³/mol. The van der Waals surface area contributed by atoms with E-state index in [-0.39, 0.29) is 12.5 Å². The first-order chi connectivity index (χ1) is 10.8. The third-order valence-electron chi connectivity index (χ3n) is 3.46. The average Bonchev–Trinajstić information content (AvgIpc) is 2.76. The Morgan fingerprint density at radius 3 is 2.70 bits per heavy atom. The monoisotopic (exact) mass is 383 g/mol. The smallest absolute Gasteiger partial charge is 0.310 e. The van der Waals surface area contributed by atoms with Crippen LogP contribution in [0.3, 0.4) is 0 Å². The number of rotatable bonds is 4. The van der Waals surface area contributed by atoms with Crippen molar-refractivity contribution < 1.29 is 19.5 Å². The Hall–Kier alpha value is -1.93. The first-order valence-electron chi connectivity index (χ1n) is 7.22. The first-order valence-corrected chi connectivity index (χ1v) is 8.02. The van der Waals surface area contributed by atoms with Gasteiger partial charge >= 0.3 is 11.8 Å². The van der Waals surface area contributed by atoms with E-state index in [2.05, 4.69) is 26.6 Å². The van der Waals surface area contributed by atoms with Crippen molar-refractivity contribution in [2.45, 2.75) is 26.0 Å². The molecule has 0 unspecified atom stereocenters. The first kappa shape index (κ1) is 17.4. The molecule has 7 nitrogen and oxygen atoms in total. The lowest BCUT2D eigenvalue weighted by atomic mass is 10.1. The standard InChI is InChI=1S/C15H18BrN3O4/c1-3-19-11-5-4-9(16)6-10(11)12(15(19)23)18-14(22)13(21)17-7-8(2)20/h4-6,8,12,20H,3,7H2,1-2H3,(H,17,21)(H,18,22)/t8-,12+/m1/s1. The summed E-state index contributed by atoms with van der Waals surface area (Å²) in [7, 11) is 0. The SMILES string of the molecule is CCN1C(=O)[C@@H](NC(=O)C(=O)NC[C@@H](C)O)c2cc(Br)ccc21. The molecule has 1 aromatic rings. The summed E-state index contributed by atoms with van der Waals surface area (Å²) in [6, 6.07) is 4.46. The molecule has 2 atom stereocenters. The van der Waals surface area contributed by atoms with Crippen LogP contribution < -0.4 is 15.5 Å². The number of carbonyl (C=O) groups is 3. The molecule has 8 heteroatoms. The van der Waals surface area contributed by atoms with Gasteiger partial charge in [-0.15, -0.1) is 0 Å². The molecule has 0 spiro atoms. The van der Waals surface area contributed by atoms with Crippen LogP contribution in [0.2, 0.25) is 0 Å². The number of fused-ring (bicyclic) bond motifs is 1. The molecular formula is C15H18BrN3O4. The van der Waals surface area contributed by atoms with Gasteiger partial charge in [0.25, 0.3) is 5.91 Å². The van der Waals surface area contributed by atoms with E-state index in [0.29, 0.717) is 12.1 Å². The summed E-state index contributed by atoms with van der Waals surface area (Å²) >= 11 is 3.34. The molecule has 0 fully saturated rings. The number of nitrogens with zero attached hydrogens (tertiary/aromatic N) is 1. The lowest BCUT2D eigenvalue weighted by molar-refractivity contribution is -0.140. The van der Waals surface area contributed by atoms with Crippen molar-refractivity contribution in [3.8, 4) is 0 Å². The van der Waals surface area contributed by atoms with Gasteiger partial charge in [0.05, 0.1) is 6.10 Å².